The van der Waals surface area contributed by atoms with Crippen LogP contribution in [0.15, 0.2) is 30.3 Å². The highest BCUT2D eigenvalue weighted by atomic mass is 16.6. The maximum Gasteiger partial charge on any atom is 0.405 e. The summed E-state index contributed by atoms with van der Waals surface area (Å²) in [5, 5.41) is 13.3. The number of aliphatic hydroxyl groups is 1. The van der Waals surface area contributed by atoms with Crippen molar-refractivity contribution in [1.29, 1.82) is 0 Å². The van der Waals surface area contributed by atoms with Crippen molar-refractivity contribution in [3.8, 4) is 0 Å². The molecule has 2 unspecified atom stereocenters. The van der Waals surface area contributed by atoms with Gasteiger partial charge < -0.3 is 25.8 Å². The predicted molar refractivity (Wildman–Crippen MR) is 96.5 cm³/mol. The van der Waals surface area contributed by atoms with Gasteiger partial charge in [-0.05, 0) is 32.3 Å². The van der Waals surface area contributed by atoms with Gasteiger partial charge in [0, 0.05) is 13.0 Å². The van der Waals surface area contributed by atoms with E-state index >= 15 is 0 Å². The van der Waals surface area contributed by atoms with Gasteiger partial charge in [-0.25, -0.2) is 4.79 Å². The van der Waals surface area contributed by atoms with Gasteiger partial charge in [0.2, 0.25) is 11.5 Å². The second-order valence-electron chi connectivity index (χ2n) is 7.33. The van der Waals surface area contributed by atoms with Gasteiger partial charge in [0.1, 0.15) is 11.6 Å². The average Bonchev–Trinajstić information content (AvgIpc) is 3.09. The molecule has 2 saturated heterocycles. The summed E-state index contributed by atoms with van der Waals surface area (Å²) >= 11 is 0. The van der Waals surface area contributed by atoms with Gasteiger partial charge in [-0.1, -0.05) is 30.3 Å². The van der Waals surface area contributed by atoms with Crippen LogP contribution in [0.25, 0.3) is 0 Å². The molecule has 2 aliphatic rings. The fourth-order valence-electron chi connectivity index (χ4n) is 4.24. The summed E-state index contributed by atoms with van der Waals surface area (Å²) in [6, 6.07) is 8.72. The highest BCUT2D eigenvalue weighted by molar-refractivity contribution is 6.00. The van der Waals surface area contributed by atoms with Gasteiger partial charge in [0.05, 0.1) is 6.04 Å². The monoisotopic (exact) mass is 375 g/mol. The Morgan fingerprint density at radius 1 is 1.44 bits per heavy atom. The van der Waals surface area contributed by atoms with Crippen molar-refractivity contribution >= 4 is 17.9 Å². The Labute approximate surface area is 157 Å². The molecule has 4 N–H and O–H groups in total. The average molecular weight is 375 g/mol. The SMILES string of the molecule is CC1NC(=O)C12CCCN2C(=O)[C@@](Cc1ccccc1)(OC(N)=O)[C@@H](C)O. The number of ether oxygens (including phenoxy) is 1. The Kier molecular flexibility index (Phi) is 4.86. The Balaban J connectivity index is 2.02. The summed E-state index contributed by atoms with van der Waals surface area (Å²) in [6.45, 7) is 3.57. The summed E-state index contributed by atoms with van der Waals surface area (Å²) in [6.07, 6.45) is -1.34. The van der Waals surface area contributed by atoms with Crippen LogP contribution in [-0.2, 0) is 20.7 Å². The quantitative estimate of drug-likeness (QED) is 0.640. The molecule has 0 aromatic heterocycles. The van der Waals surface area contributed by atoms with Crippen LogP contribution in [-0.4, -0.2) is 57.7 Å². The molecule has 0 saturated carbocycles. The molecule has 8 heteroatoms. The summed E-state index contributed by atoms with van der Waals surface area (Å²) < 4.78 is 5.28. The number of β-lactam (4-membered cyclic amide) rings is 1. The normalized spacial score (nSPS) is 27.4. The van der Waals surface area contributed by atoms with Gasteiger partial charge >= 0.3 is 6.09 Å². The van der Waals surface area contributed by atoms with Crippen molar-refractivity contribution in [3.05, 3.63) is 35.9 Å². The lowest BCUT2D eigenvalue weighted by Crippen LogP contribution is -2.79. The van der Waals surface area contributed by atoms with Crippen LogP contribution in [0.4, 0.5) is 4.79 Å². The van der Waals surface area contributed by atoms with Crippen LogP contribution in [0.2, 0.25) is 0 Å². The summed E-state index contributed by atoms with van der Waals surface area (Å²) in [7, 11) is 0. The van der Waals surface area contributed by atoms with E-state index in [1.807, 2.05) is 13.0 Å². The molecule has 2 aliphatic heterocycles. The molecular formula is C19H25N3O5. The summed E-state index contributed by atoms with van der Waals surface area (Å²) in [4.78, 5) is 39.1. The number of hydrogen-bond donors (Lipinski definition) is 3. The first kappa shape index (κ1) is 19.2. The van der Waals surface area contributed by atoms with Crippen LogP contribution in [0.1, 0.15) is 32.3 Å². The molecule has 4 atom stereocenters. The number of aliphatic hydroxyl groups excluding tert-OH is 1. The topological polar surface area (TPSA) is 122 Å². The van der Waals surface area contributed by atoms with Crippen molar-refractivity contribution in [3.63, 3.8) is 0 Å². The second-order valence-corrected chi connectivity index (χ2v) is 7.33. The first-order valence-corrected chi connectivity index (χ1v) is 9.07. The van der Waals surface area contributed by atoms with E-state index in [-0.39, 0.29) is 18.4 Å². The number of nitrogens with two attached hydrogens (primary N) is 1. The maximum atomic E-state index is 13.6. The number of hydrogen-bond acceptors (Lipinski definition) is 5. The molecular weight excluding hydrogens is 350 g/mol. The highest BCUT2D eigenvalue weighted by Gasteiger charge is 2.64. The molecule has 0 bridgehead atoms. The molecule has 1 aromatic rings. The van der Waals surface area contributed by atoms with Crippen LogP contribution in [0.5, 0.6) is 0 Å². The number of nitrogens with zero attached hydrogens (tertiary/aromatic N) is 1. The minimum absolute atomic E-state index is 0.0458. The minimum atomic E-state index is -1.90. The highest BCUT2D eigenvalue weighted by Crippen LogP contribution is 2.41. The largest absolute Gasteiger partial charge is 0.430 e. The number of carbonyl (C=O) groups is 3. The van der Waals surface area contributed by atoms with Crippen LogP contribution in [0.3, 0.4) is 0 Å². The zero-order chi connectivity index (χ0) is 19.8. The van der Waals surface area contributed by atoms with E-state index < -0.39 is 29.2 Å². The molecule has 0 aliphatic carbocycles. The minimum Gasteiger partial charge on any atom is -0.430 e. The van der Waals surface area contributed by atoms with Crippen molar-refractivity contribution in [2.75, 3.05) is 6.54 Å². The third-order valence-electron chi connectivity index (χ3n) is 5.75. The lowest BCUT2D eigenvalue weighted by atomic mass is 9.78. The number of rotatable bonds is 5. The van der Waals surface area contributed by atoms with Gasteiger partial charge in [0.15, 0.2) is 0 Å². The first-order chi connectivity index (χ1) is 12.7. The standard InChI is InChI=1S/C19H25N3O5/c1-12-18(15(24)21-12)9-6-10-22(18)16(25)19(13(2)23,27-17(20)26)11-14-7-4-3-5-8-14/h3-5,7-8,12-13,23H,6,9-11H2,1-2H3,(H2,20,26)(H,21,24)/t12?,13-,18?,19+/m1/s1. The van der Waals surface area contributed by atoms with Crippen LogP contribution >= 0.6 is 0 Å². The fraction of sp³-hybridized carbons (Fsp3) is 0.526. The lowest BCUT2D eigenvalue weighted by Gasteiger charge is -2.52. The molecule has 27 heavy (non-hydrogen) atoms. The number of amides is 3. The lowest BCUT2D eigenvalue weighted by molar-refractivity contribution is -0.175. The molecule has 146 valence electrons. The molecule has 1 spiro atoms. The van der Waals surface area contributed by atoms with Crippen LogP contribution in [0, 0.1) is 0 Å². The van der Waals surface area contributed by atoms with E-state index in [1.165, 1.54) is 11.8 Å². The summed E-state index contributed by atoms with van der Waals surface area (Å²) in [5.41, 5.74) is 3.09. The maximum absolute atomic E-state index is 13.6. The molecule has 8 nitrogen and oxygen atoms in total. The number of nitrogens with one attached hydrogen (secondary N) is 1. The molecule has 0 radical (unpaired) electrons. The van der Waals surface area contributed by atoms with Crippen LogP contribution < -0.4 is 11.1 Å². The molecule has 2 fully saturated rings. The Morgan fingerprint density at radius 2 is 2.11 bits per heavy atom. The zero-order valence-corrected chi connectivity index (χ0v) is 15.5. The predicted octanol–water partition coefficient (Wildman–Crippen LogP) is 0.324. The zero-order valence-electron chi connectivity index (χ0n) is 15.5. The number of likely N-dealkylation sites (tertiary alicyclic amines) is 1. The number of primary amides is 1. The van der Waals surface area contributed by atoms with Crippen molar-refractivity contribution < 1.29 is 24.2 Å². The number of carbonyl (C=O) groups excluding carboxylic acids is 3. The fourth-order valence-corrected chi connectivity index (χ4v) is 4.24. The van der Waals surface area contributed by atoms with Gasteiger partial charge in [-0.2, -0.15) is 0 Å². The Hall–Kier alpha value is -2.61. The molecule has 1 aromatic carbocycles. The van der Waals surface area contributed by atoms with E-state index in [2.05, 4.69) is 5.32 Å². The third-order valence-corrected chi connectivity index (χ3v) is 5.75. The summed E-state index contributed by atoms with van der Waals surface area (Å²) in [5.74, 6) is -0.821. The van der Waals surface area contributed by atoms with E-state index in [1.54, 1.807) is 24.3 Å². The Morgan fingerprint density at radius 3 is 2.63 bits per heavy atom. The van der Waals surface area contributed by atoms with Crippen molar-refractivity contribution in [2.24, 2.45) is 5.73 Å². The molecule has 2 heterocycles. The van der Waals surface area contributed by atoms with E-state index in [0.717, 1.165) is 0 Å². The molecule has 3 amide bonds. The van der Waals surface area contributed by atoms with Crippen molar-refractivity contribution in [2.45, 2.75) is 56.4 Å². The second kappa shape index (κ2) is 6.84. The van der Waals surface area contributed by atoms with E-state index in [4.69, 9.17) is 10.5 Å². The van der Waals surface area contributed by atoms with Gasteiger partial charge in [-0.15, -0.1) is 0 Å². The van der Waals surface area contributed by atoms with E-state index in [9.17, 15) is 19.5 Å². The molecule has 3 rings (SSSR count). The number of benzene rings is 1. The van der Waals surface area contributed by atoms with Crippen molar-refractivity contribution in [1.82, 2.24) is 10.2 Å². The smallest absolute Gasteiger partial charge is 0.405 e. The third kappa shape index (κ3) is 2.93. The van der Waals surface area contributed by atoms with Gasteiger partial charge in [0.25, 0.3) is 5.91 Å². The van der Waals surface area contributed by atoms with Gasteiger partial charge in [-0.3, -0.25) is 9.59 Å². The first-order valence-electron chi connectivity index (χ1n) is 9.07. The Bertz CT molecular complexity index is 753. The van der Waals surface area contributed by atoms with E-state index in [0.29, 0.717) is 24.9 Å².